The molecule has 0 saturated carbocycles. The minimum Gasteiger partial charge on any atom is -0.492 e. The topological polar surface area (TPSA) is 102 Å². The summed E-state index contributed by atoms with van der Waals surface area (Å²) in [6.07, 6.45) is 0.776. The third-order valence-electron chi connectivity index (χ3n) is 3.83. The van der Waals surface area contributed by atoms with Crippen molar-refractivity contribution in [3.8, 4) is 5.75 Å². The first-order valence-corrected chi connectivity index (χ1v) is 9.34. The lowest BCUT2D eigenvalue weighted by molar-refractivity contribution is -0.118. The summed E-state index contributed by atoms with van der Waals surface area (Å²) in [6, 6.07) is 3.86. The van der Waals surface area contributed by atoms with Crippen LogP contribution in [0.3, 0.4) is 0 Å². The molecule has 0 aliphatic heterocycles. The SMILES string of the molecule is CCOc1ccc(NC(=O)C(N)C(C)CC)cc1S(=O)(=O)N(C)C. The number of carbonyl (C=O) groups is 1. The zero-order valence-corrected chi connectivity index (χ0v) is 15.7. The standard InChI is InChI=1S/C16H27N3O4S/c1-6-11(3)15(17)16(20)18-12-8-9-13(23-7-2)14(10-12)24(21,22)19(4)5/h8-11,15H,6-7,17H2,1-5H3,(H,18,20). The summed E-state index contributed by atoms with van der Waals surface area (Å²) < 4.78 is 31.4. The van der Waals surface area contributed by atoms with Crippen LogP contribution < -0.4 is 15.8 Å². The Morgan fingerprint density at radius 3 is 2.46 bits per heavy atom. The third kappa shape index (κ3) is 4.68. The fourth-order valence-corrected chi connectivity index (χ4v) is 3.05. The van der Waals surface area contributed by atoms with E-state index in [2.05, 4.69) is 5.32 Å². The predicted octanol–water partition coefficient (Wildman–Crippen LogP) is 1.65. The van der Waals surface area contributed by atoms with Crippen LogP contribution in [-0.4, -0.2) is 45.4 Å². The van der Waals surface area contributed by atoms with Crippen LogP contribution in [0.15, 0.2) is 23.1 Å². The van der Waals surface area contributed by atoms with Gasteiger partial charge in [0.1, 0.15) is 10.6 Å². The van der Waals surface area contributed by atoms with Crippen LogP contribution in [-0.2, 0) is 14.8 Å². The summed E-state index contributed by atoms with van der Waals surface area (Å²) >= 11 is 0. The second-order valence-electron chi connectivity index (χ2n) is 5.78. The van der Waals surface area contributed by atoms with Crippen molar-refractivity contribution in [3.05, 3.63) is 18.2 Å². The molecule has 1 rings (SSSR count). The lowest BCUT2D eigenvalue weighted by atomic mass is 9.99. The molecule has 2 atom stereocenters. The number of hydrogen-bond donors (Lipinski definition) is 2. The number of sulfonamides is 1. The summed E-state index contributed by atoms with van der Waals surface area (Å²) in [6.45, 7) is 5.95. The normalized spacial score (nSPS) is 14.3. The van der Waals surface area contributed by atoms with Gasteiger partial charge >= 0.3 is 0 Å². The average molecular weight is 357 g/mol. The summed E-state index contributed by atoms with van der Waals surface area (Å²) in [5, 5.41) is 2.68. The summed E-state index contributed by atoms with van der Waals surface area (Å²) in [4.78, 5) is 12.2. The Bertz CT molecular complexity index is 674. The number of rotatable bonds is 8. The van der Waals surface area contributed by atoms with Crippen LogP contribution in [0, 0.1) is 5.92 Å². The smallest absolute Gasteiger partial charge is 0.246 e. The maximum atomic E-state index is 12.5. The van der Waals surface area contributed by atoms with Gasteiger partial charge in [-0.3, -0.25) is 4.79 Å². The molecule has 136 valence electrons. The second-order valence-corrected chi connectivity index (χ2v) is 7.90. The van der Waals surface area contributed by atoms with Gasteiger partial charge in [0.15, 0.2) is 0 Å². The third-order valence-corrected chi connectivity index (χ3v) is 5.67. The molecule has 0 fully saturated rings. The van der Waals surface area contributed by atoms with E-state index in [0.717, 1.165) is 10.7 Å². The van der Waals surface area contributed by atoms with E-state index in [1.54, 1.807) is 13.0 Å². The van der Waals surface area contributed by atoms with Crippen molar-refractivity contribution >= 4 is 21.6 Å². The van der Waals surface area contributed by atoms with Gasteiger partial charge in [-0.2, -0.15) is 0 Å². The molecule has 8 heteroatoms. The number of anilines is 1. The molecule has 1 aromatic rings. The molecule has 24 heavy (non-hydrogen) atoms. The Labute approximate surface area is 144 Å². The van der Waals surface area contributed by atoms with Gasteiger partial charge in [0.2, 0.25) is 15.9 Å². The molecule has 0 radical (unpaired) electrons. The quantitative estimate of drug-likeness (QED) is 0.736. The Morgan fingerprint density at radius 1 is 1.33 bits per heavy atom. The van der Waals surface area contributed by atoms with E-state index in [4.69, 9.17) is 10.5 Å². The zero-order valence-electron chi connectivity index (χ0n) is 14.9. The number of nitrogens with one attached hydrogen (secondary N) is 1. The minimum atomic E-state index is -3.70. The molecule has 0 aliphatic carbocycles. The van der Waals surface area contributed by atoms with Gasteiger partial charge in [-0.1, -0.05) is 20.3 Å². The van der Waals surface area contributed by atoms with Crippen LogP contribution in [0.1, 0.15) is 27.2 Å². The maximum absolute atomic E-state index is 12.5. The van der Waals surface area contributed by atoms with E-state index < -0.39 is 16.1 Å². The van der Waals surface area contributed by atoms with Crippen LogP contribution in [0.4, 0.5) is 5.69 Å². The zero-order chi connectivity index (χ0) is 18.5. The molecule has 0 saturated heterocycles. The highest BCUT2D eigenvalue weighted by Gasteiger charge is 2.24. The van der Waals surface area contributed by atoms with E-state index in [-0.39, 0.29) is 22.5 Å². The fourth-order valence-electron chi connectivity index (χ4n) is 2.00. The van der Waals surface area contributed by atoms with Crippen molar-refractivity contribution in [1.82, 2.24) is 4.31 Å². The maximum Gasteiger partial charge on any atom is 0.246 e. The average Bonchev–Trinajstić information content (AvgIpc) is 2.54. The van der Waals surface area contributed by atoms with Crippen LogP contribution in [0.25, 0.3) is 0 Å². The Morgan fingerprint density at radius 2 is 1.96 bits per heavy atom. The highest BCUT2D eigenvalue weighted by molar-refractivity contribution is 7.89. The number of ether oxygens (including phenoxy) is 1. The lowest BCUT2D eigenvalue weighted by Gasteiger charge is -2.19. The van der Waals surface area contributed by atoms with E-state index in [0.29, 0.717) is 12.3 Å². The highest BCUT2D eigenvalue weighted by atomic mass is 32.2. The van der Waals surface area contributed by atoms with Crippen molar-refractivity contribution in [2.24, 2.45) is 11.7 Å². The molecule has 3 N–H and O–H groups in total. The molecule has 1 amide bonds. The van der Waals surface area contributed by atoms with E-state index in [1.807, 2.05) is 13.8 Å². The number of hydrogen-bond acceptors (Lipinski definition) is 5. The van der Waals surface area contributed by atoms with Crippen molar-refractivity contribution in [2.75, 3.05) is 26.0 Å². The van der Waals surface area contributed by atoms with Crippen molar-refractivity contribution in [3.63, 3.8) is 0 Å². The van der Waals surface area contributed by atoms with E-state index in [1.165, 1.54) is 26.2 Å². The number of amides is 1. The van der Waals surface area contributed by atoms with Gasteiger partial charge in [0, 0.05) is 19.8 Å². The molecule has 0 aliphatic rings. The summed E-state index contributed by atoms with van der Waals surface area (Å²) in [5.41, 5.74) is 6.27. The van der Waals surface area contributed by atoms with Crippen LogP contribution in [0.5, 0.6) is 5.75 Å². The first kappa shape index (κ1) is 20.4. The van der Waals surface area contributed by atoms with E-state index in [9.17, 15) is 13.2 Å². The van der Waals surface area contributed by atoms with Gasteiger partial charge in [-0.25, -0.2) is 12.7 Å². The lowest BCUT2D eigenvalue weighted by Crippen LogP contribution is -2.40. The Kier molecular flexibility index (Phi) is 7.19. The minimum absolute atomic E-state index is 0.00395. The molecule has 0 spiro atoms. The predicted molar refractivity (Wildman–Crippen MR) is 94.5 cm³/mol. The van der Waals surface area contributed by atoms with Gasteiger partial charge in [0.05, 0.1) is 12.6 Å². The first-order valence-electron chi connectivity index (χ1n) is 7.90. The molecular formula is C16H27N3O4S. The van der Waals surface area contributed by atoms with Gasteiger partial charge in [0.25, 0.3) is 0 Å². The number of benzene rings is 1. The Hall–Kier alpha value is -1.64. The molecule has 7 nitrogen and oxygen atoms in total. The second kappa shape index (κ2) is 8.46. The van der Waals surface area contributed by atoms with Gasteiger partial charge in [-0.05, 0) is 31.0 Å². The molecule has 0 bridgehead atoms. The highest BCUT2D eigenvalue weighted by Crippen LogP contribution is 2.29. The largest absolute Gasteiger partial charge is 0.492 e. The molecule has 0 heterocycles. The van der Waals surface area contributed by atoms with Gasteiger partial charge < -0.3 is 15.8 Å². The number of nitrogens with two attached hydrogens (primary N) is 1. The van der Waals surface area contributed by atoms with Crippen molar-refractivity contribution < 1.29 is 17.9 Å². The molecule has 2 unspecified atom stereocenters. The van der Waals surface area contributed by atoms with Crippen LogP contribution in [0.2, 0.25) is 0 Å². The number of nitrogens with zero attached hydrogens (tertiary/aromatic N) is 1. The van der Waals surface area contributed by atoms with Crippen molar-refractivity contribution in [2.45, 2.75) is 38.1 Å². The molecule has 1 aromatic carbocycles. The summed E-state index contributed by atoms with van der Waals surface area (Å²) in [5.74, 6) is -0.0742. The fraction of sp³-hybridized carbons (Fsp3) is 0.562. The van der Waals surface area contributed by atoms with E-state index >= 15 is 0 Å². The number of carbonyl (C=O) groups excluding carboxylic acids is 1. The van der Waals surface area contributed by atoms with Crippen LogP contribution >= 0.6 is 0 Å². The Balaban J connectivity index is 3.18. The molecule has 0 aromatic heterocycles. The monoisotopic (exact) mass is 357 g/mol. The molecular weight excluding hydrogens is 330 g/mol. The first-order chi connectivity index (χ1) is 11.1. The summed E-state index contributed by atoms with van der Waals surface area (Å²) in [7, 11) is -0.824. The van der Waals surface area contributed by atoms with Gasteiger partial charge in [-0.15, -0.1) is 0 Å². The van der Waals surface area contributed by atoms with Crippen molar-refractivity contribution in [1.29, 1.82) is 0 Å².